The van der Waals surface area contributed by atoms with Gasteiger partial charge in [0.15, 0.2) is 5.16 Å². The molecule has 0 bridgehead atoms. The van der Waals surface area contributed by atoms with Crippen LogP contribution in [-0.2, 0) is 16.1 Å². The van der Waals surface area contributed by atoms with Crippen LogP contribution in [0.2, 0.25) is 0 Å². The molecule has 8 nitrogen and oxygen atoms in total. The van der Waals surface area contributed by atoms with Crippen molar-refractivity contribution in [3.63, 3.8) is 0 Å². The van der Waals surface area contributed by atoms with Gasteiger partial charge in [-0.3, -0.25) is 14.2 Å². The van der Waals surface area contributed by atoms with Crippen molar-refractivity contribution in [3.05, 3.63) is 51.6 Å². The van der Waals surface area contributed by atoms with E-state index in [4.69, 9.17) is 4.74 Å². The summed E-state index contributed by atoms with van der Waals surface area (Å²) in [6, 6.07) is 8.33. The Hall–Kier alpha value is -2.69. The Labute approximate surface area is 180 Å². The highest BCUT2D eigenvalue weighted by atomic mass is 32.2. The Balaban J connectivity index is 1.78. The highest BCUT2D eigenvalue weighted by Crippen LogP contribution is 2.22. The highest BCUT2D eigenvalue weighted by Gasteiger charge is 2.17. The molecule has 30 heavy (non-hydrogen) atoms. The van der Waals surface area contributed by atoms with E-state index >= 15 is 0 Å². The topological polar surface area (TPSA) is 111 Å². The molecule has 0 aliphatic carbocycles. The fraction of sp³-hybridized carbons (Fsp3) is 0.300. The lowest BCUT2D eigenvalue weighted by molar-refractivity contribution is -0.113. The molecule has 2 heterocycles. The Bertz CT molecular complexity index is 1120. The zero-order chi connectivity index (χ0) is 21.7. The number of nitrogens with zero attached hydrogens (tertiary/aromatic N) is 2. The number of aliphatic hydroxyl groups excluding tert-OH is 1. The number of hydrogen-bond donors (Lipinski definition) is 2. The molecule has 0 saturated heterocycles. The molecule has 0 aliphatic rings. The summed E-state index contributed by atoms with van der Waals surface area (Å²) in [5.41, 5.74) is 0.930. The van der Waals surface area contributed by atoms with Gasteiger partial charge in [0.1, 0.15) is 4.70 Å². The number of rotatable bonds is 8. The average molecular weight is 448 g/mol. The first-order valence-electron chi connectivity index (χ1n) is 9.25. The maximum atomic E-state index is 12.7. The normalized spacial score (nSPS) is 12.0. The van der Waals surface area contributed by atoms with E-state index in [1.807, 2.05) is 0 Å². The number of aliphatic hydroxyl groups is 1. The molecule has 158 valence electrons. The van der Waals surface area contributed by atoms with Gasteiger partial charge in [0.2, 0.25) is 5.91 Å². The van der Waals surface area contributed by atoms with Crippen molar-refractivity contribution < 1.29 is 19.4 Å². The summed E-state index contributed by atoms with van der Waals surface area (Å²) >= 11 is 2.38. The van der Waals surface area contributed by atoms with Gasteiger partial charge in [0.25, 0.3) is 5.56 Å². The van der Waals surface area contributed by atoms with Gasteiger partial charge in [-0.25, -0.2) is 9.78 Å². The second kappa shape index (κ2) is 9.88. The maximum Gasteiger partial charge on any atom is 0.340 e. The molecule has 10 heteroatoms. The van der Waals surface area contributed by atoms with Gasteiger partial charge < -0.3 is 15.2 Å². The minimum Gasteiger partial charge on any atom is -0.462 e. The number of esters is 1. The van der Waals surface area contributed by atoms with Crippen molar-refractivity contribution in [2.45, 2.75) is 31.7 Å². The lowest BCUT2D eigenvalue weighted by Gasteiger charge is -2.14. The van der Waals surface area contributed by atoms with Crippen LogP contribution in [0, 0.1) is 0 Å². The van der Waals surface area contributed by atoms with E-state index in [0.29, 0.717) is 21.1 Å². The van der Waals surface area contributed by atoms with Gasteiger partial charge >= 0.3 is 5.97 Å². The van der Waals surface area contributed by atoms with Gasteiger partial charge in [-0.2, -0.15) is 0 Å². The first kappa shape index (κ1) is 22.0. The van der Waals surface area contributed by atoms with Crippen molar-refractivity contribution in [1.82, 2.24) is 9.55 Å². The van der Waals surface area contributed by atoms with Crippen LogP contribution < -0.4 is 10.9 Å². The largest absolute Gasteiger partial charge is 0.462 e. The molecular formula is C20H21N3O5S2. The van der Waals surface area contributed by atoms with Crippen molar-refractivity contribution in [2.75, 3.05) is 17.7 Å². The number of fused-ring (bicyclic) bond motifs is 1. The number of aromatic nitrogens is 2. The van der Waals surface area contributed by atoms with Gasteiger partial charge in [0, 0.05) is 0 Å². The van der Waals surface area contributed by atoms with Crippen molar-refractivity contribution in [2.24, 2.45) is 0 Å². The van der Waals surface area contributed by atoms with Crippen LogP contribution in [0.3, 0.4) is 0 Å². The van der Waals surface area contributed by atoms with Gasteiger partial charge in [0.05, 0.1) is 41.8 Å². The summed E-state index contributed by atoms with van der Waals surface area (Å²) in [5, 5.41) is 14.6. The second-order valence-corrected chi connectivity index (χ2v) is 8.26. The standard InChI is InChI=1S/C20H21N3O5S2/c1-3-28-19(27)13-6-4-5-7-14(13)21-16(25)11-30-20-22-15-8-9-29-17(15)18(26)23(20)10-12(2)24/h4-9,12,24H,3,10-11H2,1-2H3,(H,21,25)/t12-/m1/s1. The number of nitrogens with one attached hydrogen (secondary N) is 1. The van der Waals surface area contributed by atoms with Crippen LogP contribution >= 0.6 is 23.1 Å². The monoisotopic (exact) mass is 447 g/mol. The van der Waals surface area contributed by atoms with Crippen molar-refractivity contribution in [3.8, 4) is 0 Å². The summed E-state index contributed by atoms with van der Waals surface area (Å²) in [4.78, 5) is 41.8. The number of thiophene rings is 1. The number of carbonyl (C=O) groups excluding carboxylic acids is 2. The molecule has 0 fully saturated rings. The third-order valence-corrected chi connectivity index (χ3v) is 5.87. The number of para-hydroxylation sites is 1. The number of hydrogen-bond acceptors (Lipinski definition) is 8. The quantitative estimate of drug-likeness (QED) is 0.310. The predicted octanol–water partition coefficient (Wildman–Crippen LogP) is 2.75. The molecule has 0 spiro atoms. The Morgan fingerprint density at radius 3 is 2.83 bits per heavy atom. The molecule has 2 aromatic heterocycles. The molecule has 1 atom stereocenters. The molecule has 1 amide bonds. The summed E-state index contributed by atoms with van der Waals surface area (Å²) in [5.74, 6) is -0.907. The van der Waals surface area contributed by atoms with Crippen LogP contribution in [0.5, 0.6) is 0 Å². The fourth-order valence-electron chi connectivity index (χ4n) is 2.75. The molecule has 1 aromatic carbocycles. The molecule has 2 N–H and O–H groups in total. The van der Waals surface area contributed by atoms with E-state index < -0.39 is 12.1 Å². The fourth-order valence-corrected chi connectivity index (χ4v) is 4.34. The highest BCUT2D eigenvalue weighted by molar-refractivity contribution is 7.99. The van der Waals surface area contributed by atoms with E-state index in [9.17, 15) is 19.5 Å². The molecule has 0 saturated carbocycles. The summed E-state index contributed by atoms with van der Waals surface area (Å²) in [6.07, 6.45) is -0.744. The van der Waals surface area contributed by atoms with Crippen LogP contribution in [0.25, 0.3) is 10.2 Å². The zero-order valence-corrected chi connectivity index (χ0v) is 18.1. The van der Waals surface area contributed by atoms with Crippen LogP contribution in [0.15, 0.2) is 45.7 Å². The maximum absolute atomic E-state index is 12.7. The van der Waals surface area contributed by atoms with E-state index in [2.05, 4.69) is 10.3 Å². The smallest absolute Gasteiger partial charge is 0.340 e. The third kappa shape index (κ3) is 5.07. The Morgan fingerprint density at radius 2 is 2.10 bits per heavy atom. The lowest BCUT2D eigenvalue weighted by atomic mass is 10.2. The van der Waals surface area contributed by atoms with Gasteiger partial charge in [-0.05, 0) is 37.4 Å². The number of benzene rings is 1. The summed E-state index contributed by atoms with van der Waals surface area (Å²) in [6.45, 7) is 3.60. The van der Waals surface area contributed by atoms with Gasteiger partial charge in [-0.15, -0.1) is 11.3 Å². The zero-order valence-electron chi connectivity index (χ0n) is 16.5. The number of carbonyl (C=O) groups is 2. The van der Waals surface area contributed by atoms with Crippen LogP contribution in [0.4, 0.5) is 5.69 Å². The molecule has 0 unspecified atom stereocenters. The molecule has 3 aromatic rings. The van der Waals surface area contributed by atoms with E-state index in [1.54, 1.807) is 49.6 Å². The number of ether oxygens (including phenoxy) is 1. The van der Waals surface area contributed by atoms with Crippen molar-refractivity contribution >= 4 is 50.9 Å². The van der Waals surface area contributed by atoms with E-state index in [0.717, 1.165) is 11.8 Å². The predicted molar refractivity (Wildman–Crippen MR) is 117 cm³/mol. The SMILES string of the molecule is CCOC(=O)c1ccccc1NC(=O)CSc1nc2ccsc2c(=O)n1C[C@@H](C)O. The summed E-state index contributed by atoms with van der Waals surface area (Å²) in [7, 11) is 0. The summed E-state index contributed by atoms with van der Waals surface area (Å²) < 4.78 is 6.90. The Morgan fingerprint density at radius 1 is 1.33 bits per heavy atom. The lowest BCUT2D eigenvalue weighted by Crippen LogP contribution is -2.27. The minimum atomic E-state index is -0.744. The minimum absolute atomic E-state index is 0.0287. The number of anilines is 1. The molecule has 0 radical (unpaired) electrons. The van der Waals surface area contributed by atoms with Crippen LogP contribution in [0.1, 0.15) is 24.2 Å². The number of amides is 1. The second-order valence-electron chi connectivity index (χ2n) is 6.40. The van der Waals surface area contributed by atoms with Crippen molar-refractivity contribution in [1.29, 1.82) is 0 Å². The first-order chi connectivity index (χ1) is 14.4. The first-order valence-corrected chi connectivity index (χ1v) is 11.1. The Kier molecular flexibility index (Phi) is 7.24. The molecule has 0 aliphatic heterocycles. The molecular weight excluding hydrogens is 426 g/mol. The third-order valence-electron chi connectivity index (χ3n) is 4.01. The molecule has 3 rings (SSSR count). The van der Waals surface area contributed by atoms with E-state index in [1.165, 1.54) is 15.9 Å². The van der Waals surface area contributed by atoms with E-state index in [-0.39, 0.29) is 35.9 Å². The number of thioether (sulfide) groups is 1. The van der Waals surface area contributed by atoms with Crippen LogP contribution in [-0.4, -0.2) is 45.0 Å². The van der Waals surface area contributed by atoms with Gasteiger partial charge in [-0.1, -0.05) is 23.9 Å². The average Bonchev–Trinajstić information content (AvgIpc) is 3.18.